The first-order valence-electron chi connectivity index (χ1n) is 3.47. The highest BCUT2D eigenvalue weighted by molar-refractivity contribution is 7.11. The highest BCUT2D eigenvalue weighted by Gasteiger charge is 2.37. The van der Waals surface area contributed by atoms with Crippen LogP contribution in [-0.2, 0) is 4.79 Å². The Morgan fingerprint density at radius 2 is 2.21 bits per heavy atom. The summed E-state index contributed by atoms with van der Waals surface area (Å²) in [5, 5.41) is 10.6. The van der Waals surface area contributed by atoms with E-state index in [1.54, 1.807) is 5.38 Å². The largest absolute Gasteiger partial charge is 0.507 e. The molecule has 76 valence electrons. The molecule has 0 aliphatic carbocycles. The summed E-state index contributed by atoms with van der Waals surface area (Å²) in [6.07, 6.45) is -0.110. The number of halogens is 3. The Bertz CT molecular complexity index is 357. The van der Waals surface area contributed by atoms with Crippen molar-refractivity contribution in [3.8, 4) is 0 Å². The normalized spacial score (nSPS) is 12.9. The van der Waals surface area contributed by atoms with Crippen molar-refractivity contribution < 1.29 is 23.1 Å². The molecule has 0 atom stereocenters. The molecule has 0 saturated heterocycles. The molecule has 0 aromatic carbocycles. The fourth-order valence-electron chi connectivity index (χ4n) is 0.724. The zero-order valence-corrected chi connectivity index (χ0v) is 7.52. The predicted octanol–water partition coefficient (Wildman–Crippen LogP) is 2.78. The number of carbonyl (C=O) groups is 1. The van der Waals surface area contributed by atoms with Crippen LogP contribution in [0.4, 0.5) is 13.2 Å². The summed E-state index contributed by atoms with van der Waals surface area (Å²) in [5.41, 5.74) is 0. The van der Waals surface area contributed by atoms with Crippen LogP contribution in [0.5, 0.6) is 0 Å². The summed E-state index contributed by atoms with van der Waals surface area (Å²) in [5.74, 6) is -5.08. The van der Waals surface area contributed by atoms with Crippen molar-refractivity contribution in [3.05, 3.63) is 28.5 Å². The van der Waals surface area contributed by atoms with Crippen molar-refractivity contribution in [1.29, 1.82) is 0 Å². The van der Waals surface area contributed by atoms with Crippen LogP contribution in [0.15, 0.2) is 23.6 Å². The van der Waals surface area contributed by atoms with E-state index in [0.29, 0.717) is 0 Å². The third-order valence-electron chi connectivity index (χ3n) is 1.35. The number of rotatable bonds is 3. The molecular formula is C8H5F3O2S. The number of carbonyl (C=O) groups excluding carboxylic acids is 1. The molecule has 0 saturated carbocycles. The fraction of sp³-hybridized carbons (Fsp3) is 0.125. The third kappa shape index (κ3) is 2.35. The van der Waals surface area contributed by atoms with Gasteiger partial charge in [-0.1, -0.05) is 6.07 Å². The van der Waals surface area contributed by atoms with Crippen LogP contribution in [0.1, 0.15) is 4.88 Å². The smallest absolute Gasteiger partial charge is 0.374 e. The maximum atomic E-state index is 12.4. The molecule has 1 N–H and O–H groups in total. The Labute approximate surface area is 81.3 Å². The quantitative estimate of drug-likeness (QED) is 0.630. The second kappa shape index (κ2) is 3.83. The molecular weight excluding hydrogens is 217 g/mol. The summed E-state index contributed by atoms with van der Waals surface area (Å²) in [6, 6.07) is 0.106. The summed E-state index contributed by atoms with van der Waals surface area (Å²) >= 11 is 0.998. The average Bonchev–Trinajstić information content (AvgIpc) is 2.54. The van der Waals surface area contributed by atoms with Gasteiger partial charge in [0.25, 0.3) is 0 Å². The number of thiophene rings is 1. The minimum Gasteiger partial charge on any atom is -0.507 e. The lowest BCUT2D eigenvalue weighted by atomic mass is 10.2. The van der Waals surface area contributed by atoms with Crippen molar-refractivity contribution in [1.82, 2.24) is 0 Å². The molecule has 14 heavy (non-hydrogen) atoms. The number of aliphatic hydroxyl groups is 1. The molecule has 1 rings (SSSR count). The Balaban J connectivity index is 2.94. The lowest BCUT2D eigenvalue weighted by Gasteiger charge is -2.04. The first-order valence-corrected chi connectivity index (χ1v) is 4.35. The van der Waals surface area contributed by atoms with Crippen LogP contribution in [0, 0.1) is 0 Å². The van der Waals surface area contributed by atoms with Crippen molar-refractivity contribution in [3.63, 3.8) is 0 Å². The zero-order valence-electron chi connectivity index (χ0n) is 6.71. The van der Waals surface area contributed by atoms with Gasteiger partial charge in [0.15, 0.2) is 0 Å². The van der Waals surface area contributed by atoms with Crippen LogP contribution in [-0.4, -0.2) is 17.1 Å². The highest BCUT2D eigenvalue weighted by Crippen LogP contribution is 2.25. The van der Waals surface area contributed by atoms with E-state index >= 15 is 0 Å². The Hall–Kier alpha value is -1.30. The van der Waals surface area contributed by atoms with E-state index in [1.807, 2.05) is 0 Å². The Morgan fingerprint density at radius 3 is 2.64 bits per heavy atom. The van der Waals surface area contributed by atoms with Gasteiger partial charge in [-0.05, 0) is 11.4 Å². The van der Waals surface area contributed by atoms with E-state index in [-0.39, 0.29) is 11.0 Å². The molecule has 1 heterocycles. The van der Waals surface area contributed by atoms with Crippen molar-refractivity contribution in [2.45, 2.75) is 5.92 Å². The van der Waals surface area contributed by atoms with Gasteiger partial charge in [-0.3, -0.25) is 4.79 Å². The van der Waals surface area contributed by atoms with E-state index in [9.17, 15) is 18.0 Å². The van der Waals surface area contributed by atoms with Gasteiger partial charge in [0, 0.05) is 6.08 Å². The molecule has 0 spiro atoms. The summed E-state index contributed by atoms with van der Waals surface area (Å²) in [6.45, 7) is 0. The van der Waals surface area contributed by atoms with Crippen LogP contribution >= 0.6 is 11.3 Å². The summed E-state index contributed by atoms with van der Waals surface area (Å²) in [4.78, 5) is 9.95. The molecule has 0 aliphatic heterocycles. The van der Waals surface area contributed by atoms with Gasteiger partial charge in [0.2, 0.25) is 0 Å². The van der Waals surface area contributed by atoms with Crippen LogP contribution < -0.4 is 0 Å². The number of aliphatic hydroxyl groups excluding tert-OH is 1. The minimum absolute atomic E-state index is 0.110. The van der Waals surface area contributed by atoms with E-state index in [4.69, 9.17) is 5.11 Å². The van der Waals surface area contributed by atoms with E-state index < -0.39 is 17.7 Å². The lowest BCUT2D eigenvalue weighted by molar-refractivity contribution is -0.149. The minimum atomic E-state index is -4.27. The molecule has 0 bridgehead atoms. The molecule has 0 fully saturated rings. The molecule has 1 aromatic rings. The van der Waals surface area contributed by atoms with Crippen LogP contribution in [0.2, 0.25) is 0 Å². The standard InChI is InChI=1S/C8H5F3O2S/c9-7(13)8(10,11)4-5(12)6-2-1-3-14-6/h1-4,12H. The maximum Gasteiger partial charge on any atom is 0.374 e. The van der Waals surface area contributed by atoms with Crippen molar-refractivity contribution >= 4 is 23.1 Å². The fourth-order valence-corrected chi connectivity index (χ4v) is 1.36. The van der Waals surface area contributed by atoms with Crippen molar-refractivity contribution in [2.24, 2.45) is 0 Å². The van der Waals surface area contributed by atoms with Gasteiger partial charge in [0.05, 0.1) is 4.88 Å². The van der Waals surface area contributed by atoms with Crippen LogP contribution in [0.3, 0.4) is 0 Å². The Kier molecular flexibility index (Phi) is 2.95. The average molecular weight is 222 g/mol. The van der Waals surface area contributed by atoms with Gasteiger partial charge in [-0.15, -0.1) is 11.3 Å². The number of hydrogen-bond acceptors (Lipinski definition) is 3. The van der Waals surface area contributed by atoms with E-state index in [1.165, 1.54) is 12.1 Å². The van der Waals surface area contributed by atoms with Gasteiger partial charge < -0.3 is 5.11 Å². The second-order valence-corrected chi connectivity index (χ2v) is 3.35. The first-order chi connectivity index (χ1) is 6.43. The monoisotopic (exact) mass is 222 g/mol. The summed E-state index contributed by atoms with van der Waals surface area (Å²) < 4.78 is 36.6. The topological polar surface area (TPSA) is 37.3 Å². The number of allylic oxidation sites excluding steroid dienone is 1. The zero-order chi connectivity index (χ0) is 10.8. The molecule has 0 unspecified atom stereocenters. The SMILES string of the molecule is O=C(F)C(F)(F)C=C(O)c1cccs1. The molecule has 6 heteroatoms. The highest BCUT2D eigenvalue weighted by atomic mass is 32.1. The van der Waals surface area contributed by atoms with E-state index in [0.717, 1.165) is 11.3 Å². The van der Waals surface area contributed by atoms with Crippen molar-refractivity contribution in [2.75, 3.05) is 0 Å². The lowest BCUT2D eigenvalue weighted by Crippen LogP contribution is -2.22. The van der Waals surface area contributed by atoms with Crippen LogP contribution in [0.25, 0.3) is 5.76 Å². The van der Waals surface area contributed by atoms with Gasteiger partial charge >= 0.3 is 12.0 Å². The maximum absolute atomic E-state index is 12.4. The second-order valence-electron chi connectivity index (χ2n) is 2.40. The number of alkyl halides is 2. The number of hydrogen-bond donors (Lipinski definition) is 1. The third-order valence-corrected chi connectivity index (χ3v) is 2.25. The molecule has 1 aromatic heterocycles. The Morgan fingerprint density at radius 1 is 1.57 bits per heavy atom. The van der Waals surface area contributed by atoms with E-state index in [2.05, 4.69) is 0 Å². The molecule has 2 nitrogen and oxygen atoms in total. The van der Waals surface area contributed by atoms with Gasteiger partial charge in [0.1, 0.15) is 5.76 Å². The predicted molar refractivity (Wildman–Crippen MR) is 46.0 cm³/mol. The first kappa shape index (κ1) is 10.8. The van der Waals surface area contributed by atoms with Gasteiger partial charge in [-0.25, -0.2) is 0 Å². The molecule has 0 radical (unpaired) electrons. The molecule has 0 amide bonds. The van der Waals surface area contributed by atoms with Gasteiger partial charge in [-0.2, -0.15) is 13.2 Å². The molecule has 0 aliphatic rings. The summed E-state index contributed by atoms with van der Waals surface area (Å²) in [7, 11) is 0.